The second-order valence-electron chi connectivity index (χ2n) is 12.5. The molecule has 0 aromatic heterocycles. The predicted octanol–water partition coefficient (Wildman–Crippen LogP) is 3.45. The van der Waals surface area contributed by atoms with E-state index in [9.17, 15) is 24.3 Å². The molecular formula is C32H39N3O7Si. The fourth-order valence-electron chi connectivity index (χ4n) is 7.74. The minimum Gasteiger partial charge on any atom is -0.482 e. The molecule has 11 heteroatoms. The van der Waals surface area contributed by atoms with Crippen LogP contribution in [0.3, 0.4) is 0 Å². The molecule has 4 aliphatic heterocycles. The number of hydrogen-bond donors (Lipinski definition) is 2. The average Bonchev–Trinajstić information content (AvgIpc) is 3.63. The number of fused-ring (bicyclic) bond motifs is 3. The van der Waals surface area contributed by atoms with E-state index in [0.29, 0.717) is 34.9 Å². The van der Waals surface area contributed by atoms with E-state index in [1.807, 2.05) is 62.5 Å². The number of para-hydroxylation sites is 2. The minimum absolute atomic E-state index is 0.00331. The van der Waals surface area contributed by atoms with Gasteiger partial charge in [0.2, 0.25) is 5.91 Å². The fraction of sp³-hybridized carbons (Fsp3) is 0.469. The second-order valence-corrected chi connectivity index (χ2v) is 16.5. The van der Waals surface area contributed by atoms with Crippen LogP contribution < -0.4 is 14.5 Å². The first-order valence-electron chi connectivity index (χ1n) is 15.0. The number of likely N-dealkylation sites (tertiary alicyclic amines) is 1. The van der Waals surface area contributed by atoms with Crippen LogP contribution in [0.25, 0.3) is 0 Å². The van der Waals surface area contributed by atoms with Crippen LogP contribution in [0.15, 0.2) is 55.1 Å². The number of rotatable bonds is 7. The Morgan fingerprint density at radius 3 is 2.67 bits per heavy atom. The first kappa shape index (κ1) is 29.6. The Kier molecular flexibility index (Phi) is 7.48. The number of nitrogens with zero attached hydrogens (tertiary/aromatic N) is 3. The molecule has 4 aliphatic rings. The molecule has 228 valence electrons. The van der Waals surface area contributed by atoms with Crippen LogP contribution in [0.1, 0.15) is 31.7 Å². The third-order valence-corrected chi connectivity index (χ3v) is 12.0. The molecular weight excluding hydrogens is 566 g/mol. The number of anilines is 3. The maximum Gasteiger partial charge on any atom is 0.269 e. The summed E-state index contributed by atoms with van der Waals surface area (Å²) in [4.78, 5) is 57.7. The highest BCUT2D eigenvalue weighted by Gasteiger charge is 2.66. The van der Waals surface area contributed by atoms with E-state index in [4.69, 9.17) is 9.47 Å². The van der Waals surface area contributed by atoms with Gasteiger partial charge in [-0.15, -0.1) is 6.58 Å². The van der Waals surface area contributed by atoms with Crippen molar-refractivity contribution in [2.75, 3.05) is 36.1 Å². The van der Waals surface area contributed by atoms with Crippen molar-refractivity contribution in [2.24, 2.45) is 5.92 Å². The van der Waals surface area contributed by atoms with Crippen molar-refractivity contribution >= 4 is 43.1 Å². The van der Waals surface area contributed by atoms with E-state index in [-0.39, 0.29) is 49.9 Å². The number of aliphatic hydroxyl groups is 1. The summed E-state index contributed by atoms with van der Waals surface area (Å²) < 4.78 is 12.5. The van der Waals surface area contributed by atoms with Crippen LogP contribution in [0.2, 0.25) is 18.6 Å². The predicted molar refractivity (Wildman–Crippen MR) is 164 cm³/mol. The van der Waals surface area contributed by atoms with Gasteiger partial charge in [-0.2, -0.15) is 0 Å². The Morgan fingerprint density at radius 2 is 1.95 bits per heavy atom. The molecule has 0 aliphatic carbocycles. The van der Waals surface area contributed by atoms with Gasteiger partial charge in [0.15, 0.2) is 20.5 Å². The maximum absolute atomic E-state index is 14.5. The van der Waals surface area contributed by atoms with Crippen molar-refractivity contribution in [1.29, 1.82) is 0 Å². The number of aliphatic hydroxyl groups excluding tert-OH is 1. The van der Waals surface area contributed by atoms with Gasteiger partial charge in [0, 0.05) is 35.8 Å². The number of hydrogen-bond acceptors (Lipinski definition) is 7. The fourth-order valence-corrected chi connectivity index (χ4v) is 10.3. The van der Waals surface area contributed by atoms with Gasteiger partial charge >= 0.3 is 0 Å². The Morgan fingerprint density at radius 1 is 1.19 bits per heavy atom. The van der Waals surface area contributed by atoms with Crippen molar-refractivity contribution < 1.29 is 33.8 Å². The lowest BCUT2D eigenvalue weighted by molar-refractivity contribution is -0.149. The summed E-state index contributed by atoms with van der Waals surface area (Å²) in [6.45, 7) is 10.0. The van der Waals surface area contributed by atoms with Crippen molar-refractivity contribution in [3.63, 3.8) is 0 Å². The summed E-state index contributed by atoms with van der Waals surface area (Å²) in [5.74, 6) is -0.537. The molecule has 5 atom stereocenters. The van der Waals surface area contributed by atoms with E-state index >= 15 is 0 Å². The first-order chi connectivity index (χ1) is 20.5. The molecule has 43 heavy (non-hydrogen) atoms. The van der Waals surface area contributed by atoms with Crippen LogP contribution in [-0.4, -0.2) is 79.3 Å². The molecule has 2 aromatic rings. The van der Waals surface area contributed by atoms with Crippen LogP contribution in [-0.2, 0) is 24.7 Å². The summed E-state index contributed by atoms with van der Waals surface area (Å²) in [6.07, 6.45) is 2.52. The molecule has 2 aromatic carbocycles. The van der Waals surface area contributed by atoms with Gasteiger partial charge in [0.05, 0.1) is 36.5 Å². The number of benzene rings is 2. The molecule has 6 rings (SSSR count). The standard InChI is InChI=1S/C32H39N3O7Si/c1-5-14-34-24-13-12-21(35-25-10-6-7-11-26(25)41-19-29(35)38)16-23(24)32(31(34)39)20(2)30(43(3,4)40)27(42-32)17-28(37)33-15-8-9-22(33)18-36/h5-7,10-13,16,20,22,27,30,36,40H,1,8-9,14-15,17-19H2,2-4H3/t20-,22-,27+,30-,32+/m0/s1. The van der Waals surface area contributed by atoms with Crippen LogP contribution in [0, 0.1) is 5.92 Å². The number of carbonyl (C=O) groups excluding carboxylic acids is 3. The highest BCUT2D eigenvalue weighted by Crippen LogP contribution is 2.60. The van der Waals surface area contributed by atoms with Gasteiger partial charge in [-0.05, 0) is 56.3 Å². The van der Waals surface area contributed by atoms with Crippen molar-refractivity contribution in [1.82, 2.24) is 4.90 Å². The zero-order valence-corrected chi connectivity index (χ0v) is 25.9. The third kappa shape index (κ3) is 4.60. The van der Waals surface area contributed by atoms with Gasteiger partial charge in [0.1, 0.15) is 5.75 Å². The van der Waals surface area contributed by atoms with Crippen molar-refractivity contribution in [3.05, 3.63) is 60.7 Å². The topological polar surface area (TPSA) is 120 Å². The van der Waals surface area contributed by atoms with E-state index in [1.54, 1.807) is 20.8 Å². The SMILES string of the molecule is C=CCN1C(=O)[C@]2(O[C@H](CC(=O)N3CCC[C@H]3CO)[C@@H]([Si](C)(C)O)[C@@H]2C)c2cc(N3C(=O)COc4ccccc43)ccc21. The first-order valence-corrected chi connectivity index (χ1v) is 18.0. The minimum atomic E-state index is -2.99. The Bertz CT molecular complexity index is 1480. The quantitative estimate of drug-likeness (QED) is 0.367. The lowest BCUT2D eigenvalue weighted by atomic mass is 9.82. The van der Waals surface area contributed by atoms with Gasteiger partial charge in [0.25, 0.3) is 11.8 Å². The maximum atomic E-state index is 14.5. The summed E-state index contributed by atoms with van der Waals surface area (Å²) in [6, 6.07) is 12.5. The van der Waals surface area contributed by atoms with Crippen molar-refractivity contribution in [3.8, 4) is 5.75 Å². The second kappa shape index (κ2) is 10.9. The van der Waals surface area contributed by atoms with Crippen LogP contribution in [0.4, 0.5) is 17.1 Å². The molecule has 0 unspecified atom stereocenters. The van der Waals surface area contributed by atoms with E-state index in [1.165, 1.54) is 0 Å². The summed E-state index contributed by atoms with van der Waals surface area (Å²) in [5, 5.41) is 9.82. The molecule has 2 saturated heterocycles. The van der Waals surface area contributed by atoms with Crippen LogP contribution >= 0.6 is 0 Å². The highest BCUT2D eigenvalue weighted by atomic mass is 28.4. The normalized spacial score (nSPS) is 28.3. The summed E-state index contributed by atoms with van der Waals surface area (Å²) in [5.41, 5.74) is 0.539. The monoisotopic (exact) mass is 605 g/mol. The number of ether oxygens (including phenoxy) is 2. The van der Waals surface area contributed by atoms with Crippen molar-refractivity contribution in [2.45, 2.75) is 62.6 Å². The van der Waals surface area contributed by atoms with Gasteiger partial charge in [-0.3, -0.25) is 19.3 Å². The number of amides is 3. The van der Waals surface area contributed by atoms with Gasteiger partial charge in [-0.1, -0.05) is 25.1 Å². The molecule has 4 heterocycles. The highest BCUT2D eigenvalue weighted by molar-refractivity contribution is 6.71. The van der Waals surface area contributed by atoms with E-state index < -0.39 is 31.5 Å². The zero-order valence-electron chi connectivity index (χ0n) is 24.9. The zero-order chi connectivity index (χ0) is 30.7. The Hall–Kier alpha value is -3.51. The Balaban J connectivity index is 1.45. The molecule has 1 spiro atoms. The summed E-state index contributed by atoms with van der Waals surface area (Å²) in [7, 11) is -2.99. The number of carbonyl (C=O) groups is 3. The molecule has 0 saturated carbocycles. The van der Waals surface area contributed by atoms with Crippen LogP contribution in [0.5, 0.6) is 5.75 Å². The Labute approximate surface area is 252 Å². The molecule has 0 radical (unpaired) electrons. The lowest BCUT2D eigenvalue weighted by Gasteiger charge is -2.33. The third-order valence-electron chi connectivity index (χ3n) is 9.53. The molecule has 2 N–H and O–H groups in total. The smallest absolute Gasteiger partial charge is 0.269 e. The average molecular weight is 606 g/mol. The molecule has 10 nitrogen and oxygen atoms in total. The van der Waals surface area contributed by atoms with E-state index in [2.05, 4.69) is 6.58 Å². The summed E-state index contributed by atoms with van der Waals surface area (Å²) >= 11 is 0. The van der Waals surface area contributed by atoms with E-state index in [0.717, 1.165) is 12.8 Å². The largest absolute Gasteiger partial charge is 0.482 e. The molecule has 3 amide bonds. The molecule has 2 fully saturated rings. The molecule has 0 bridgehead atoms. The van der Waals surface area contributed by atoms with Gasteiger partial charge in [-0.25, -0.2) is 0 Å². The van der Waals surface area contributed by atoms with Gasteiger partial charge < -0.3 is 29.2 Å². The lowest BCUT2D eigenvalue weighted by Crippen LogP contribution is -2.46.